The van der Waals surface area contributed by atoms with Gasteiger partial charge in [0.15, 0.2) is 23.1 Å². The molecule has 0 bridgehead atoms. The highest BCUT2D eigenvalue weighted by Gasteiger charge is 2.31. The minimum atomic E-state index is -0.709. The van der Waals surface area contributed by atoms with Crippen LogP contribution in [0.5, 0.6) is 11.5 Å². The fraction of sp³-hybridized carbons (Fsp3) is 0.278. The van der Waals surface area contributed by atoms with Gasteiger partial charge in [-0.3, -0.25) is 0 Å². The molecule has 0 saturated carbocycles. The van der Waals surface area contributed by atoms with Gasteiger partial charge in [-0.15, -0.1) is 0 Å². The number of nitriles is 1. The molecule has 0 aromatic heterocycles. The molecule has 2 aliphatic rings. The van der Waals surface area contributed by atoms with Crippen LogP contribution >= 0.6 is 0 Å². The number of ether oxygens (including phenoxy) is 2. The largest absolute Gasteiger partial charge is 0.454 e. The normalized spacial score (nSPS) is 18.7. The second kappa shape index (κ2) is 5.68. The number of benzene rings is 2. The molecule has 24 heavy (non-hydrogen) atoms. The van der Waals surface area contributed by atoms with Gasteiger partial charge in [0.25, 0.3) is 0 Å². The summed E-state index contributed by atoms with van der Waals surface area (Å²) in [6.45, 7) is 0.741. The van der Waals surface area contributed by atoms with Crippen molar-refractivity contribution in [2.75, 3.05) is 18.2 Å². The summed E-state index contributed by atoms with van der Waals surface area (Å²) in [6.07, 6.45) is 1.62. The Hall–Kier alpha value is -2.81. The number of hydrogen-bond donors (Lipinski definition) is 0. The van der Waals surface area contributed by atoms with E-state index in [2.05, 4.69) is 0 Å². The van der Waals surface area contributed by atoms with E-state index in [-0.39, 0.29) is 24.1 Å². The lowest BCUT2D eigenvalue weighted by molar-refractivity contribution is 0.174. The van der Waals surface area contributed by atoms with Gasteiger partial charge in [0.05, 0.1) is 17.7 Å². The van der Waals surface area contributed by atoms with Crippen molar-refractivity contribution < 1.29 is 18.3 Å². The first kappa shape index (κ1) is 14.8. The third-order valence-corrected chi connectivity index (χ3v) is 4.47. The van der Waals surface area contributed by atoms with Crippen molar-refractivity contribution in [2.45, 2.75) is 18.9 Å². The Morgan fingerprint density at radius 2 is 1.83 bits per heavy atom. The first-order chi connectivity index (χ1) is 11.7. The fourth-order valence-electron chi connectivity index (χ4n) is 3.41. The van der Waals surface area contributed by atoms with Gasteiger partial charge in [0.1, 0.15) is 5.69 Å². The third-order valence-electron chi connectivity index (χ3n) is 4.47. The molecule has 4 nitrogen and oxygen atoms in total. The van der Waals surface area contributed by atoms with Crippen LogP contribution in [0.4, 0.5) is 14.5 Å². The smallest absolute Gasteiger partial charge is 0.231 e. The van der Waals surface area contributed by atoms with Gasteiger partial charge < -0.3 is 14.4 Å². The molecule has 0 spiro atoms. The molecule has 1 fully saturated rings. The van der Waals surface area contributed by atoms with Crippen LogP contribution in [0.3, 0.4) is 0 Å². The Labute approximate surface area is 137 Å². The topological polar surface area (TPSA) is 45.5 Å². The summed E-state index contributed by atoms with van der Waals surface area (Å²) in [6, 6.07) is 9.36. The minimum absolute atomic E-state index is 0.0208. The molecule has 0 N–H and O–H groups in total. The van der Waals surface area contributed by atoms with Gasteiger partial charge in [-0.25, -0.2) is 8.78 Å². The molecule has 1 atom stereocenters. The van der Waals surface area contributed by atoms with Gasteiger partial charge in [-0.05, 0) is 42.7 Å². The average Bonchev–Trinajstić information content (AvgIpc) is 3.22. The molecule has 2 heterocycles. The first-order valence-corrected chi connectivity index (χ1v) is 7.72. The first-order valence-electron chi connectivity index (χ1n) is 7.72. The van der Waals surface area contributed by atoms with Gasteiger partial charge in [0.2, 0.25) is 6.79 Å². The highest BCUT2D eigenvalue weighted by molar-refractivity contribution is 5.56. The molecule has 0 unspecified atom stereocenters. The van der Waals surface area contributed by atoms with E-state index in [4.69, 9.17) is 14.7 Å². The van der Waals surface area contributed by atoms with Crippen LogP contribution < -0.4 is 14.4 Å². The van der Waals surface area contributed by atoms with Crippen LogP contribution in [-0.4, -0.2) is 13.3 Å². The Balaban J connectivity index is 1.72. The Morgan fingerprint density at radius 1 is 1.08 bits per heavy atom. The molecule has 122 valence electrons. The monoisotopic (exact) mass is 328 g/mol. The van der Waals surface area contributed by atoms with Gasteiger partial charge >= 0.3 is 0 Å². The van der Waals surface area contributed by atoms with E-state index in [0.29, 0.717) is 18.0 Å². The van der Waals surface area contributed by atoms with E-state index < -0.39 is 11.6 Å². The summed E-state index contributed by atoms with van der Waals surface area (Å²) >= 11 is 0. The van der Waals surface area contributed by atoms with Crippen molar-refractivity contribution in [3.8, 4) is 17.6 Å². The minimum Gasteiger partial charge on any atom is -0.454 e. The van der Waals surface area contributed by atoms with E-state index in [9.17, 15) is 8.78 Å². The number of anilines is 1. The van der Waals surface area contributed by atoms with Gasteiger partial charge in [0, 0.05) is 6.54 Å². The van der Waals surface area contributed by atoms with Crippen LogP contribution in [0.25, 0.3) is 0 Å². The zero-order valence-electron chi connectivity index (χ0n) is 12.8. The van der Waals surface area contributed by atoms with E-state index in [0.717, 1.165) is 30.5 Å². The van der Waals surface area contributed by atoms with Crippen molar-refractivity contribution in [3.63, 3.8) is 0 Å². The summed E-state index contributed by atoms with van der Waals surface area (Å²) in [5, 5.41) is 8.84. The maximum Gasteiger partial charge on any atom is 0.231 e. The lowest BCUT2D eigenvalue weighted by Crippen LogP contribution is -2.24. The van der Waals surface area contributed by atoms with Gasteiger partial charge in [-0.2, -0.15) is 5.26 Å². The maximum absolute atomic E-state index is 14.4. The quantitative estimate of drug-likeness (QED) is 0.838. The lowest BCUT2D eigenvalue weighted by atomic mass is 10.0. The Bertz CT molecular complexity index is 824. The van der Waals surface area contributed by atoms with Crippen molar-refractivity contribution in [1.82, 2.24) is 0 Å². The van der Waals surface area contributed by atoms with E-state index in [1.165, 1.54) is 0 Å². The molecule has 1 saturated heterocycles. The van der Waals surface area contributed by atoms with Gasteiger partial charge in [-0.1, -0.05) is 6.07 Å². The van der Waals surface area contributed by atoms with Crippen LogP contribution in [0.2, 0.25) is 0 Å². The van der Waals surface area contributed by atoms with E-state index in [1.807, 2.05) is 18.2 Å². The van der Waals surface area contributed by atoms with Crippen LogP contribution in [0, 0.1) is 23.0 Å². The number of rotatable bonds is 2. The maximum atomic E-state index is 14.4. The standard InChI is InChI=1S/C18H14F2N2O2/c19-13-6-11(9-21)7-14(20)18(13)22-5-1-2-15(22)12-3-4-16-17(8-12)24-10-23-16/h3-4,6-8,15H,1-2,5,10H2/t15-/m0/s1. The van der Waals surface area contributed by atoms with Crippen molar-refractivity contribution >= 4 is 5.69 Å². The summed E-state index contributed by atoms with van der Waals surface area (Å²) in [4.78, 5) is 1.73. The second-order valence-electron chi connectivity index (χ2n) is 5.86. The zero-order valence-corrected chi connectivity index (χ0v) is 12.8. The molecule has 2 aliphatic heterocycles. The predicted octanol–water partition coefficient (Wildman–Crippen LogP) is 3.91. The fourth-order valence-corrected chi connectivity index (χ4v) is 3.41. The van der Waals surface area contributed by atoms with E-state index >= 15 is 0 Å². The van der Waals surface area contributed by atoms with Crippen molar-refractivity contribution in [2.24, 2.45) is 0 Å². The average molecular weight is 328 g/mol. The molecule has 0 amide bonds. The predicted molar refractivity (Wildman–Crippen MR) is 83.0 cm³/mol. The Kier molecular flexibility index (Phi) is 3.49. The third kappa shape index (κ3) is 2.33. The molecule has 4 rings (SSSR count). The molecule has 2 aromatic rings. The summed E-state index contributed by atoms with van der Waals surface area (Å²) in [5.41, 5.74) is 0.835. The SMILES string of the molecule is N#Cc1cc(F)c(N2CCC[C@H]2c2ccc3c(c2)OCO3)c(F)c1. The molecular weight excluding hydrogens is 314 g/mol. The summed E-state index contributed by atoms with van der Waals surface area (Å²) in [5.74, 6) is -0.0856. The summed E-state index contributed by atoms with van der Waals surface area (Å²) < 4.78 is 39.5. The molecular formula is C18H14F2N2O2. The number of hydrogen-bond acceptors (Lipinski definition) is 4. The second-order valence-corrected chi connectivity index (χ2v) is 5.86. The molecule has 0 aliphatic carbocycles. The van der Waals surface area contributed by atoms with Crippen LogP contribution in [0.1, 0.15) is 30.0 Å². The van der Waals surface area contributed by atoms with Crippen LogP contribution in [-0.2, 0) is 0 Å². The van der Waals surface area contributed by atoms with Crippen molar-refractivity contribution in [1.29, 1.82) is 5.26 Å². The van der Waals surface area contributed by atoms with Crippen molar-refractivity contribution in [3.05, 3.63) is 53.1 Å². The number of halogens is 2. The lowest BCUT2D eigenvalue weighted by Gasteiger charge is -2.28. The highest BCUT2D eigenvalue weighted by Crippen LogP contribution is 2.42. The zero-order chi connectivity index (χ0) is 16.7. The van der Waals surface area contributed by atoms with Crippen LogP contribution in [0.15, 0.2) is 30.3 Å². The molecule has 2 aromatic carbocycles. The van der Waals surface area contributed by atoms with E-state index in [1.54, 1.807) is 11.0 Å². The summed E-state index contributed by atoms with van der Waals surface area (Å²) in [7, 11) is 0. The number of fused-ring (bicyclic) bond motifs is 1. The number of nitrogens with zero attached hydrogens (tertiary/aromatic N) is 2. The molecule has 6 heteroatoms. The Morgan fingerprint density at radius 3 is 2.58 bits per heavy atom. The molecule has 0 radical (unpaired) electrons. The highest BCUT2D eigenvalue weighted by atomic mass is 19.1.